The number of rotatable bonds is 5. The molecule has 1 N–H and O–H groups in total. The van der Waals surface area contributed by atoms with E-state index in [1.165, 1.54) is 11.3 Å². The zero-order valence-corrected chi connectivity index (χ0v) is 16.1. The third kappa shape index (κ3) is 4.28. The molecule has 0 aliphatic carbocycles. The maximum Gasteiger partial charge on any atom is 0.253 e. The average molecular weight is 395 g/mol. The van der Waals surface area contributed by atoms with E-state index < -0.39 is 0 Å². The lowest BCUT2D eigenvalue weighted by Crippen LogP contribution is -2.43. The summed E-state index contributed by atoms with van der Waals surface area (Å²) in [4.78, 5) is 35.3. The number of hydrogen-bond acceptors (Lipinski definition) is 5. The number of anilines is 1. The molecule has 1 aliphatic rings. The molecule has 1 fully saturated rings. The van der Waals surface area contributed by atoms with Crippen molar-refractivity contribution in [1.82, 2.24) is 19.4 Å². The Morgan fingerprint density at radius 1 is 1.21 bits per heavy atom. The molecular formula is C20H21N5O2S. The number of likely N-dealkylation sites (tertiary alicyclic amines) is 1. The molecule has 8 heteroatoms. The van der Waals surface area contributed by atoms with Gasteiger partial charge in [0.2, 0.25) is 5.91 Å². The van der Waals surface area contributed by atoms with Crippen molar-refractivity contribution in [3.05, 3.63) is 65.7 Å². The fraction of sp³-hybridized carbons (Fsp3) is 0.300. The first-order chi connectivity index (χ1) is 13.7. The molecule has 0 radical (unpaired) electrons. The highest BCUT2D eigenvalue weighted by molar-refractivity contribution is 7.13. The smallest absolute Gasteiger partial charge is 0.253 e. The second-order valence-corrected chi connectivity index (χ2v) is 7.74. The van der Waals surface area contributed by atoms with Crippen molar-refractivity contribution in [3.8, 4) is 0 Å². The van der Waals surface area contributed by atoms with Gasteiger partial charge in [0, 0.05) is 49.2 Å². The Hall–Kier alpha value is -3.00. The zero-order chi connectivity index (χ0) is 19.3. The minimum Gasteiger partial charge on any atom is -0.338 e. The van der Waals surface area contributed by atoms with Gasteiger partial charge in [0.25, 0.3) is 5.91 Å². The van der Waals surface area contributed by atoms with E-state index in [2.05, 4.69) is 15.3 Å². The lowest BCUT2D eigenvalue weighted by Gasteiger charge is -2.32. The van der Waals surface area contributed by atoms with E-state index in [0.29, 0.717) is 23.8 Å². The van der Waals surface area contributed by atoms with Crippen LogP contribution in [0.2, 0.25) is 0 Å². The molecule has 1 atom stereocenters. The molecule has 1 aromatic carbocycles. The van der Waals surface area contributed by atoms with Gasteiger partial charge in [-0.05, 0) is 30.5 Å². The Morgan fingerprint density at radius 2 is 2.07 bits per heavy atom. The van der Waals surface area contributed by atoms with Crippen LogP contribution in [-0.4, -0.2) is 44.3 Å². The topological polar surface area (TPSA) is 80.1 Å². The Bertz CT molecular complexity index is 922. The lowest BCUT2D eigenvalue weighted by atomic mass is 9.96. The molecule has 1 unspecified atom stereocenters. The van der Waals surface area contributed by atoms with Crippen LogP contribution < -0.4 is 5.32 Å². The molecule has 0 spiro atoms. The highest BCUT2D eigenvalue weighted by Gasteiger charge is 2.29. The number of hydrogen-bond donors (Lipinski definition) is 1. The molecule has 7 nitrogen and oxygen atoms in total. The van der Waals surface area contributed by atoms with Gasteiger partial charge in [-0.1, -0.05) is 12.1 Å². The molecule has 2 aromatic heterocycles. The first kappa shape index (κ1) is 18.4. The van der Waals surface area contributed by atoms with Gasteiger partial charge < -0.3 is 14.8 Å². The molecule has 4 rings (SSSR count). The maximum absolute atomic E-state index is 12.9. The highest BCUT2D eigenvalue weighted by atomic mass is 32.1. The third-order valence-corrected chi connectivity index (χ3v) is 5.56. The van der Waals surface area contributed by atoms with Crippen LogP contribution in [0, 0.1) is 5.92 Å². The Kier molecular flexibility index (Phi) is 5.48. The van der Waals surface area contributed by atoms with Crippen LogP contribution in [0.15, 0.2) is 54.6 Å². The van der Waals surface area contributed by atoms with Crippen molar-refractivity contribution in [1.29, 1.82) is 0 Å². The molecule has 144 valence electrons. The predicted molar refractivity (Wildman–Crippen MR) is 107 cm³/mol. The van der Waals surface area contributed by atoms with Gasteiger partial charge in [0.15, 0.2) is 5.13 Å². The number of thiazole rings is 1. The second kappa shape index (κ2) is 8.35. The number of nitrogens with zero attached hydrogens (tertiary/aromatic N) is 4. The monoisotopic (exact) mass is 395 g/mol. The number of benzene rings is 1. The number of carbonyl (C=O) groups excluding carboxylic acids is 2. The van der Waals surface area contributed by atoms with Crippen molar-refractivity contribution < 1.29 is 9.59 Å². The van der Waals surface area contributed by atoms with Crippen molar-refractivity contribution >= 4 is 28.3 Å². The SMILES string of the molecule is O=C(Nc1nccs1)C1CCCN(C(=O)c2ccc(Cn3ccnc3)cc2)C1. The van der Waals surface area contributed by atoms with Crippen LogP contribution in [-0.2, 0) is 11.3 Å². The minimum atomic E-state index is -0.206. The minimum absolute atomic E-state index is 0.0269. The van der Waals surface area contributed by atoms with E-state index in [-0.39, 0.29) is 17.7 Å². The maximum atomic E-state index is 12.9. The van der Waals surface area contributed by atoms with E-state index in [1.807, 2.05) is 40.4 Å². The van der Waals surface area contributed by atoms with Crippen LogP contribution in [0.3, 0.4) is 0 Å². The molecular weight excluding hydrogens is 374 g/mol. The number of imidazole rings is 1. The fourth-order valence-electron chi connectivity index (χ4n) is 3.39. The normalized spacial score (nSPS) is 16.7. The summed E-state index contributed by atoms with van der Waals surface area (Å²) < 4.78 is 1.98. The number of aromatic nitrogens is 3. The summed E-state index contributed by atoms with van der Waals surface area (Å²) in [5, 5.41) is 5.26. The van der Waals surface area contributed by atoms with Crippen LogP contribution in [0.4, 0.5) is 5.13 Å². The predicted octanol–water partition coefficient (Wildman–Crippen LogP) is 2.88. The van der Waals surface area contributed by atoms with Gasteiger partial charge in [-0.25, -0.2) is 9.97 Å². The molecule has 28 heavy (non-hydrogen) atoms. The molecule has 3 heterocycles. The van der Waals surface area contributed by atoms with Gasteiger partial charge in [-0.3, -0.25) is 9.59 Å². The van der Waals surface area contributed by atoms with Gasteiger partial charge in [-0.2, -0.15) is 0 Å². The fourth-order valence-corrected chi connectivity index (χ4v) is 3.93. The van der Waals surface area contributed by atoms with Gasteiger partial charge in [0.05, 0.1) is 12.2 Å². The van der Waals surface area contributed by atoms with E-state index in [4.69, 9.17) is 0 Å². The second-order valence-electron chi connectivity index (χ2n) is 6.85. The van der Waals surface area contributed by atoms with Crippen LogP contribution in [0.1, 0.15) is 28.8 Å². The molecule has 1 aliphatic heterocycles. The highest BCUT2D eigenvalue weighted by Crippen LogP contribution is 2.21. The summed E-state index contributed by atoms with van der Waals surface area (Å²) >= 11 is 1.39. The van der Waals surface area contributed by atoms with Crippen molar-refractivity contribution in [2.75, 3.05) is 18.4 Å². The van der Waals surface area contributed by atoms with Crippen LogP contribution >= 0.6 is 11.3 Å². The lowest BCUT2D eigenvalue weighted by molar-refractivity contribution is -0.121. The Labute approximate surface area is 167 Å². The van der Waals surface area contributed by atoms with Gasteiger partial charge >= 0.3 is 0 Å². The van der Waals surface area contributed by atoms with E-state index in [1.54, 1.807) is 23.6 Å². The standard InChI is InChI=1S/C20H21N5O2S/c26-18(23-20-22-8-11-28-20)17-2-1-9-25(13-17)19(27)16-5-3-15(4-6-16)12-24-10-7-21-14-24/h3-8,10-11,14,17H,1-2,9,12-13H2,(H,22,23,26). The Balaban J connectivity index is 1.37. The number of amides is 2. The van der Waals surface area contributed by atoms with Crippen LogP contribution in [0.5, 0.6) is 0 Å². The number of piperidine rings is 1. The quantitative estimate of drug-likeness (QED) is 0.720. The molecule has 2 amide bonds. The van der Waals surface area contributed by atoms with E-state index in [9.17, 15) is 9.59 Å². The van der Waals surface area contributed by atoms with Gasteiger partial charge in [-0.15, -0.1) is 11.3 Å². The largest absolute Gasteiger partial charge is 0.338 e. The summed E-state index contributed by atoms with van der Waals surface area (Å²) in [7, 11) is 0. The van der Waals surface area contributed by atoms with Crippen molar-refractivity contribution in [2.24, 2.45) is 5.92 Å². The Morgan fingerprint density at radius 3 is 2.79 bits per heavy atom. The molecule has 1 saturated heterocycles. The summed E-state index contributed by atoms with van der Waals surface area (Å²) in [6.45, 7) is 1.83. The van der Waals surface area contributed by atoms with Crippen molar-refractivity contribution in [3.63, 3.8) is 0 Å². The number of nitrogens with one attached hydrogen (secondary N) is 1. The summed E-state index contributed by atoms with van der Waals surface area (Å²) in [5.41, 5.74) is 1.75. The summed E-state index contributed by atoms with van der Waals surface area (Å²) in [6.07, 6.45) is 8.68. The zero-order valence-electron chi connectivity index (χ0n) is 15.3. The average Bonchev–Trinajstić information content (AvgIpc) is 3.42. The van der Waals surface area contributed by atoms with Crippen LogP contribution in [0.25, 0.3) is 0 Å². The van der Waals surface area contributed by atoms with Gasteiger partial charge in [0.1, 0.15) is 0 Å². The first-order valence-electron chi connectivity index (χ1n) is 9.23. The summed E-state index contributed by atoms with van der Waals surface area (Å²) in [6, 6.07) is 7.63. The van der Waals surface area contributed by atoms with E-state index in [0.717, 1.165) is 24.9 Å². The van der Waals surface area contributed by atoms with E-state index >= 15 is 0 Å². The van der Waals surface area contributed by atoms with Crippen molar-refractivity contribution in [2.45, 2.75) is 19.4 Å². The molecule has 0 saturated carbocycles. The number of carbonyl (C=O) groups is 2. The summed E-state index contributed by atoms with van der Waals surface area (Å²) in [5.74, 6) is -0.300. The first-order valence-corrected chi connectivity index (χ1v) is 10.1. The third-order valence-electron chi connectivity index (χ3n) is 4.87. The molecule has 3 aromatic rings. The molecule has 0 bridgehead atoms.